The van der Waals surface area contributed by atoms with Gasteiger partial charge in [0.15, 0.2) is 17.5 Å². The van der Waals surface area contributed by atoms with Crippen LogP contribution >= 0.6 is 0 Å². The molecule has 0 aliphatic heterocycles. The van der Waals surface area contributed by atoms with Gasteiger partial charge < -0.3 is 19.7 Å². The van der Waals surface area contributed by atoms with E-state index in [1.807, 2.05) is 19.2 Å². The third kappa shape index (κ3) is 6.38. The molecule has 0 heterocycles. The summed E-state index contributed by atoms with van der Waals surface area (Å²) in [6, 6.07) is 6.03. The molecule has 0 aliphatic rings. The molecule has 0 saturated heterocycles. The van der Waals surface area contributed by atoms with Crippen LogP contribution in [0.25, 0.3) is 0 Å². The second-order valence-electron chi connectivity index (χ2n) is 5.51. The van der Waals surface area contributed by atoms with Crippen molar-refractivity contribution in [2.75, 3.05) is 34.4 Å². The van der Waals surface area contributed by atoms with Gasteiger partial charge in [0.2, 0.25) is 0 Å². The lowest BCUT2D eigenvalue weighted by Crippen LogP contribution is -2.38. The van der Waals surface area contributed by atoms with Crippen LogP contribution in [-0.4, -0.2) is 45.2 Å². The lowest BCUT2D eigenvalue weighted by Gasteiger charge is -2.22. The normalized spacial score (nSPS) is 11.3. The average Bonchev–Trinajstić information content (AvgIpc) is 2.58. The van der Waals surface area contributed by atoms with E-state index >= 15 is 0 Å². The molecule has 5 nitrogen and oxygen atoms in total. The Labute approximate surface area is 140 Å². The summed E-state index contributed by atoms with van der Waals surface area (Å²) >= 11 is 0. The van der Waals surface area contributed by atoms with Crippen molar-refractivity contribution in [3.05, 3.63) is 23.8 Å². The zero-order chi connectivity index (χ0) is 17.1. The Bertz CT molecular complexity index is 489. The zero-order valence-corrected chi connectivity index (χ0v) is 15.2. The number of aliphatic imine (C=N–C) groups is 1. The highest BCUT2D eigenvalue weighted by atomic mass is 16.5. The van der Waals surface area contributed by atoms with Crippen molar-refractivity contribution >= 4 is 5.96 Å². The van der Waals surface area contributed by atoms with Crippen LogP contribution in [0, 0.1) is 0 Å². The molecule has 5 heteroatoms. The van der Waals surface area contributed by atoms with Gasteiger partial charge in [-0.15, -0.1) is 0 Å². The number of ether oxygens (including phenoxy) is 2. The number of nitrogens with one attached hydrogen (secondary N) is 1. The Balaban J connectivity index is 2.66. The van der Waals surface area contributed by atoms with Crippen molar-refractivity contribution < 1.29 is 9.47 Å². The number of nitrogens with zero attached hydrogens (tertiary/aromatic N) is 2. The van der Waals surface area contributed by atoms with Crippen LogP contribution in [0.3, 0.4) is 0 Å². The highest BCUT2D eigenvalue weighted by Crippen LogP contribution is 2.28. The van der Waals surface area contributed by atoms with Crippen LogP contribution in [0.4, 0.5) is 0 Å². The maximum absolute atomic E-state index is 5.68. The number of guanidine groups is 1. The van der Waals surface area contributed by atoms with E-state index in [1.165, 1.54) is 6.42 Å². The largest absolute Gasteiger partial charge is 0.493 e. The molecule has 23 heavy (non-hydrogen) atoms. The summed E-state index contributed by atoms with van der Waals surface area (Å²) < 4.78 is 11.1. The predicted molar refractivity (Wildman–Crippen MR) is 96.5 cm³/mol. The van der Waals surface area contributed by atoms with Crippen LogP contribution in [0.2, 0.25) is 0 Å². The van der Waals surface area contributed by atoms with E-state index in [0.717, 1.165) is 42.4 Å². The fourth-order valence-electron chi connectivity index (χ4n) is 2.22. The van der Waals surface area contributed by atoms with Crippen LogP contribution in [0.1, 0.15) is 38.7 Å². The molecule has 0 radical (unpaired) electrons. The Morgan fingerprint density at radius 3 is 2.61 bits per heavy atom. The van der Waals surface area contributed by atoms with Crippen molar-refractivity contribution in [2.45, 2.75) is 39.7 Å². The van der Waals surface area contributed by atoms with Crippen molar-refractivity contribution in [3.8, 4) is 11.5 Å². The Kier molecular flexibility index (Phi) is 8.95. The smallest absolute Gasteiger partial charge is 0.193 e. The second-order valence-corrected chi connectivity index (χ2v) is 5.51. The molecule has 0 aliphatic carbocycles. The number of unbranched alkanes of at least 4 members (excludes halogenated alkanes) is 1. The number of methoxy groups -OCH3 is 1. The summed E-state index contributed by atoms with van der Waals surface area (Å²) in [5.41, 5.74) is 1.13. The van der Waals surface area contributed by atoms with E-state index in [1.54, 1.807) is 7.11 Å². The molecule has 0 amide bonds. The minimum Gasteiger partial charge on any atom is -0.493 e. The van der Waals surface area contributed by atoms with Crippen LogP contribution in [-0.2, 0) is 6.54 Å². The van der Waals surface area contributed by atoms with Gasteiger partial charge in [0, 0.05) is 27.2 Å². The van der Waals surface area contributed by atoms with Gasteiger partial charge in [-0.25, -0.2) is 0 Å². The Morgan fingerprint density at radius 2 is 2.00 bits per heavy atom. The first-order valence-electron chi connectivity index (χ1n) is 8.37. The fraction of sp³-hybridized carbons (Fsp3) is 0.611. The van der Waals surface area contributed by atoms with Gasteiger partial charge in [-0.1, -0.05) is 26.3 Å². The molecule has 130 valence electrons. The van der Waals surface area contributed by atoms with E-state index in [9.17, 15) is 0 Å². The number of rotatable bonds is 9. The first-order valence-corrected chi connectivity index (χ1v) is 8.37. The van der Waals surface area contributed by atoms with Crippen molar-refractivity contribution in [1.82, 2.24) is 10.2 Å². The minimum atomic E-state index is 0.697. The number of hydrogen-bond acceptors (Lipinski definition) is 3. The molecule has 0 spiro atoms. The minimum absolute atomic E-state index is 0.697. The summed E-state index contributed by atoms with van der Waals surface area (Å²) in [6.45, 7) is 6.68. The van der Waals surface area contributed by atoms with E-state index < -0.39 is 0 Å². The number of hydrogen-bond donors (Lipinski definition) is 1. The SMILES string of the molecule is CCCCN(C)C(=NC)NCc1ccc(OCCC)c(OC)c1. The van der Waals surface area contributed by atoms with Crippen molar-refractivity contribution in [2.24, 2.45) is 4.99 Å². The van der Waals surface area contributed by atoms with E-state index in [0.29, 0.717) is 13.2 Å². The second kappa shape index (κ2) is 10.8. The molecular formula is C18H31N3O2. The van der Waals surface area contributed by atoms with E-state index in [2.05, 4.69) is 42.2 Å². The van der Waals surface area contributed by atoms with Crippen LogP contribution in [0.5, 0.6) is 11.5 Å². The first kappa shape index (κ1) is 19.1. The lowest BCUT2D eigenvalue weighted by atomic mass is 10.2. The predicted octanol–water partition coefficient (Wildman–Crippen LogP) is 3.29. The molecule has 0 aromatic heterocycles. The maximum atomic E-state index is 5.68. The number of benzene rings is 1. The van der Waals surface area contributed by atoms with E-state index in [4.69, 9.17) is 9.47 Å². The van der Waals surface area contributed by atoms with Crippen molar-refractivity contribution in [1.29, 1.82) is 0 Å². The monoisotopic (exact) mass is 321 g/mol. The lowest BCUT2D eigenvalue weighted by molar-refractivity contribution is 0.294. The molecule has 0 saturated carbocycles. The van der Waals surface area contributed by atoms with Gasteiger partial charge >= 0.3 is 0 Å². The van der Waals surface area contributed by atoms with Gasteiger partial charge in [0.25, 0.3) is 0 Å². The molecular weight excluding hydrogens is 290 g/mol. The molecule has 0 atom stereocenters. The third-order valence-corrected chi connectivity index (χ3v) is 3.56. The van der Waals surface area contributed by atoms with Crippen LogP contribution < -0.4 is 14.8 Å². The fourth-order valence-corrected chi connectivity index (χ4v) is 2.22. The summed E-state index contributed by atoms with van der Waals surface area (Å²) in [5, 5.41) is 3.39. The highest BCUT2D eigenvalue weighted by Gasteiger charge is 2.08. The molecule has 0 fully saturated rings. The summed E-state index contributed by atoms with van der Waals surface area (Å²) in [7, 11) is 5.54. The van der Waals surface area contributed by atoms with Gasteiger partial charge in [0.05, 0.1) is 13.7 Å². The van der Waals surface area contributed by atoms with Gasteiger partial charge in [-0.2, -0.15) is 0 Å². The Hall–Kier alpha value is -1.91. The summed E-state index contributed by atoms with van der Waals surface area (Å²) in [5.74, 6) is 2.47. The molecule has 1 aromatic rings. The molecule has 1 aromatic carbocycles. The molecule has 1 rings (SSSR count). The zero-order valence-electron chi connectivity index (χ0n) is 15.2. The quantitative estimate of drug-likeness (QED) is 0.560. The van der Waals surface area contributed by atoms with Gasteiger partial charge in [0.1, 0.15) is 0 Å². The van der Waals surface area contributed by atoms with Crippen molar-refractivity contribution in [3.63, 3.8) is 0 Å². The topological polar surface area (TPSA) is 46.1 Å². The van der Waals surface area contributed by atoms with Gasteiger partial charge in [-0.3, -0.25) is 4.99 Å². The highest BCUT2D eigenvalue weighted by molar-refractivity contribution is 5.79. The van der Waals surface area contributed by atoms with Crippen LogP contribution in [0.15, 0.2) is 23.2 Å². The summed E-state index contributed by atoms with van der Waals surface area (Å²) in [6.07, 6.45) is 3.32. The molecule has 0 bridgehead atoms. The molecule has 0 unspecified atom stereocenters. The van der Waals surface area contributed by atoms with Gasteiger partial charge in [-0.05, 0) is 30.5 Å². The molecule has 1 N–H and O–H groups in total. The van der Waals surface area contributed by atoms with E-state index in [-0.39, 0.29) is 0 Å². The average molecular weight is 321 g/mol. The maximum Gasteiger partial charge on any atom is 0.193 e. The standard InChI is InChI=1S/C18H31N3O2/c1-6-8-11-21(4)18(19-3)20-14-15-9-10-16(23-12-7-2)17(13-15)22-5/h9-10,13H,6-8,11-12,14H2,1-5H3,(H,19,20). The Morgan fingerprint density at radius 1 is 1.22 bits per heavy atom. The first-order chi connectivity index (χ1) is 11.2. The third-order valence-electron chi connectivity index (χ3n) is 3.56. The summed E-state index contributed by atoms with van der Waals surface area (Å²) in [4.78, 5) is 6.48.